The van der Waals surface area contributed by atoms with Gasteiger partial charge in [-0.25, -0.2) is 9.67 Å². The fourth-order valence-corrected chi connectivity index (χ4v) is 2.95. The van der Waals surface area contributed by atoms with Crippen LogP contribution in [0.3, 0.4) is 0 Å². The Balaban J connectivity index is 1.58. The average molecular weight is 348 g/mol. The molecule has 0 radical (unpaired) electrons. The molecule has 0 aromatic carbocycles. The zero-order valence-electron chi connectivity index (χ0n) is 15.0. The van der Waals surface area contributed by atoms with Gasteiger partial charge < -0.3 is 9.26 Å². The molecule has 2 atom stereocenters. The number of rotatable bonds is 5. The number of carbonyl (C=O) groups excluding carboxylic acids is 1. The van der Waals surface area contributed by atoms with Gasteiger partial charge in [-0.2, -0.15) is 5.10 Å². The van der Waals surface area contributed by atoms with Crippen molar-refractivity contribution >= 4 is 11.8 Å². The molecule has 1 amide bonds. The quantitative estimate of drug-likeness (QED) is 0.858. The van der Waals surface area contributed by atoms with E-state index in [0.29, 0.717) is 32.1 Å². The number of aryl methyl sites for hydroxylation is 3. The molecule has 1 aliphatic rings. The fraction of sp³-hybridized carbons (Fsp3) is 0.625. The zero-order valence-corrected chi connectivity index (χ0v) is 15.0. The molecule has 136 valence electrons. The van der Waals surface area contributed by atoms with Crippen LogP contribution in [0.2, 0.25) is 0 Å². The van der Waals surface area contributed by atoms with Gasteiger partial charge in [-0.3, -0.25) is 15.0 Å². The first-order chi connectivity index (χ1) is 11.9. The van der Waals surface area contributed by atoms with Crippen molar-refractivity contribution in [3.05, 3.63) is 23.4 Å². The molecule has 3 rings (SSSR count). The van der Waals surface area contributed by atoms with Crippen molar-refractivity contribution in [3.8, 4) is 0 Å². The molecule has 9 heteroatoms. The minimum atomic E-state index is -0.296. The Kier molecular flexibility index (Phi) is 5.14. The molecule has 0 saturated carbocycles. The first-order valence-electron chi connectivity index (χ1n) is 8.40. The van der Waals surface area contributed by atoms with Crippen LogP contribution in [0.25, 0.3) is 0 Å². The third-order valence-corrected chi connectivity index (χ3v) is 4.31. The highest BCUT2D eigenvalue weighted by atomic mass is 16.5. The minimum absolute atomic E-state index is 0.0312. The fourth-order valence-electron chi connectivity index (χ4n) is 2.95. The Labute approximate surface area is 146 Å². The van der Waals surface area contributed by atoms with Gasteiger partial charge in [0.25, 0.3) is 0 Å². The molecular formula is C16H24N6O3. The normalized spacial score (nSPS) is 19.8. The molecule has 2 aromatic rings. The Hall–Kier alpha value is -2.26. The molecule has 1 N–H and O–H groups in total. The predicted molar refractivity (Wildman–Crippen MR) is 90.1 cm³/mol. The summed E-state index contributed by atoms with van der Waals surface area (Å²) in [4.78, 5) is 18.8. The van der Waals surface area contributed by atoms with Gasteiger partial charge in [0.15, 0.2) is 0 Å². The zero-order chi connectivity index (χ0) is 18.0. The van der Waals surface area contributed by atoms with E-state index in [4.69, 9.17) is 9.26 Å². The maximum atomic E-state index is 12.4. The molecule has 9 nitrogen and oxygen atoms in total. The molecule has 0 spiro atoms. The highest BCUT2D eigenvalue weighted by Gasteiger charge is 2.29. The highest BCUT2D eigenvalue weighted by Crippen LogP contribution is 2.14. The molecule has 0 aliphatic carbocycles. The number of nitrogens with zero attached hydrogens (tertiary/aromatic N) is 5. The van der Waals surface area contributed by atoms with E-state index in [9.17, 15) is 4.79 Å². The lowest BCUT2D eigenvalue weighted by Gasteiger charge is -2.36. The summed E-state index contributed by atoms with van der Waals surface area (Å²) in [6.45, 7) is 10.0. The van der Waals surface area contributed by atoms with Crippen LogP contribution in [0.5, 0.6) is 0 Å². The van der Waals surface area contributed by atoms with Gasteiger partial charge in [0.2, 0.25) is 11.8 Å². The number of morpholine rings is 1. The van der Waals surface area contributed by atoms with E-state index < -0.39 is 0 Å². The summed E-state index contributed by atoms with van der Waals surface area (Å²) in [6.07, 6.45) is -0.0312. The molecule has 1 fully saturated rings. The molecule has 25 heavy (non-hydrogen) atoms. The van der Waals surface area contributed by atoms with Gasteiger partial charge in [-0.05, 0) is 27.7 Å². The smallest absolute Gasteiger partial charge is 0.243 e. The van der Waals surface area contributed by atoms with Crippen LogP contribution in [0.1, 0.15) is 24.3 Å². The average Bonchev–Trinajstić information content (AvgIpc) is 3.11. The summed E-state index contributed by atoms with van der Waals surface area (Å²) in [5.74, 6) is 1.86. The van der Waals surface area contributed by atoms with Gasteiger partial charge in [-0.15, -0.1) is 0 Å². The van der Waals surface area contributed by atoms with E-state index >= 15 is 0 Å². The molecule has 2 aromatic heterocycles. The van der Waals surface area contributed by atoms with Crippen molar-refractivity contribution in [1.29, 1.82) is 0 Å². The second-order valence-electron chi connectivity index (χ2n) is 6.37. The lowest BCUT2D eigenvalue weighted by molar-refractivity contribution is -0.124. The van der Waals surface area contributed by atoms with E-state index in [1.165, 1.54) is 0 Å². The topological polar surface area (TPSA) is 98.3 Å². The van der Waals surface area contributed by atoms with Crippen molar-refractivity contribution < 1.29 is 14.1 Å². The second-order valence-corrected chi connectivity index (χ2v) is 6.37. The first-order valence-corrected chi connectivity index (χ1v) is 8.40. The van der Waals surface area contributed by atoms with Crippen LogP contribution in [0, 0.1) is 20.8 Å². The van der Waals surface area contributed by atoms with E-state index in [1.807, 2.05) is 32.4 Å². The maximum absolute atomic E-state index is 12.4. The van der Waals surface area contributed by atoms with Crippen molar-refractivity contribution in [2.45, 2.75) is 46.4 Å². The van der Waals surface area contributed by atoms with Gasteiger partial charge in [0.05, 0.1) is 31.0 Å². The van der Waals surface area contributed by atoms with Gasteiger partial charge in [-0.1, -0.05) is 5.16 Å². The van der Waals surface area contributed by atoms with Gasteiger partial charge >= 0.3 is 0 Å². The Morgan fingerprint density at radius 1 is 1.44 bits per heavy atom. The summed E-state index contributed by atoms with van der Waals surface area (Å²) >= 11 is 0. The summed E-state index contributed by atoms with van der Waals surface area (Å²) in [5, 5.41) is 10.9. The number of ether oxygens (including phenoxy) is 1. The van der Waals surface area contributed by atoms with Crippen LogP contribution in [-0.4, -0.2) is 62.6 Å². The second kappa shape index (κ2) is 7.32. The SMILES string of the molecule is Cc1cc(NC(=O)[C@H](C)N2CCO[C@H](Cn3nc(C)nc3C)C2)on1. The van der Waals surface area contributed by atoms with E-state index in [2.05, 4.69) is 25.5 Å². The third kappa shape index (κ3) is 4.23. The molecule has 0 bridgehead atoms. The number of carbonyl (C=O) groups is 1. The van der Waals surface area contributed by atoms with Crippen molar-refractivity contribution in [1.82, 2.24) is 24.8 Å². The van der Waals surface area contributed by atoms with Gasteiger partial charge in [0, 0.05) is 19.2 Å². The monoisotopic (exact) mass is 348 g/mol. The Morgan fingerprint density at radius 2 is 2.24 bits per heavy atom. The Bertz CT molecular complexity index is 740. The Morgan fingerprint density at radius 3 is 2.88 bits per heavy atom. The van der Waals surface area contributed by atoms with E-state index in [0.717, 1.165) is 17.3 Å². The number of amides is 1. The third-order valence-electron chi connectivity index (χ3n) is 4.31. The van der Waals surface area contributed by atoms with Crippen molar-refractivity contribution in [2.75, 3.05) is 25.0 Å². The number of aromatic nitrogens is 4. The van der Waals surface area contributed by atoms with Gasteiger partial charge in [0.1, 0.15) is 11.6 Å². The minimum Gasteiger partial charge on any atom is -0.374 e. The predicted octanol–water partition coefficient (Wildman–Crippen LogP) is 0.919. The maximum Gasteiger partial charge on any atom is 0.243 e. The van der Waals surface area contributed by atoms with E-state index in [1.54, 1.807) is 6.07 Å². The number of nitrogens with one attached hydrogen (secondary N) is 1. The number of hydrogen-bond donors (Lipinski definition) is 1. The number of anilines is 1. The molecular weight excluding hydrogens is 324 g/mol. The largest absolute Gasteiger partial charge is 0.374 e. The van der Waals surface area contributed by atoms with E-state index in [-0.39, 0.29) is 18.1 Å². The lowest BCUT2D eigenvalue weighted by atomic mass is 10.2. The van der Waals surface area contributed by atoms with Crippen LogP contribution in [-0.2, 0) is 16.1 Å². The molecule has 1 aliphatic heterocycles. The summed E-state index contributed by atoms with van der Waals surface area (Å²) < 4.78 is 12.7. The summed E-state index contributed by atoms with van der Waals surface area (Å²) in [7, 11) is 0. The lowest BCUT2D eigenvalue weighted by Crippen LogP contribution is -2.51. The summed E-state index contributed by atoms with van der Waals surface area (Å²) in [5.41, 5.74) is 0.730. The molecule has 3 heterocycles. The highest BCUT2D eigenvalue weighted by molar-refractivity contribution is 5.93. The molecule has 0 unspecified atom stereocenters. The number of hydrogen-bond acceptors (Lipinski definition) is 7. The first kappa shape index (κ1) is 17.6. The van der Waals surface area contributed by atoms with Crippen molar-refractivity contribution in [2.24, 2.45) is 0 Å². The standard InChI is InChI=1S/C16H24N6O3/c1-10-7-15(25-20-10)18-16(23)11(2)21-5-6-24-14(8-21)9-22-13(4)17-12(3)19-22/h7,11,14H,5-6,8-9H2,1-4H3,(H,18,23)/t11-,14-/m0/s1. The summed E-state index contributed by atoms with van der Waals surface area (Å²) in [6, 6.07) is 1.40. The van der Waals surface area contributed by atoms with Crippen LogP contribution in [0.15, 0.2) is 10.6 Å². The van der Waals surface area contributed by atoms with Crippen molar-refractivity contribution in [3.63, 3.8) is 0 Å². The van der Waals surface area contributed by atoms with Crippen LogP contribution >= 0.6 is 0 Å². The molecule has 1 saturated heterocycles. The van der Waals surface area contributed by atoms with Crippen LogP contribution < -0.4 is 5.32 Å². The van der Waals surface area contributed by atoms with Crippen LogP contribution in [0.4, 0.5) is 5.88 Å².